The molecule has 18 heavy (non-hydrogen) atoms. The van der Waals surface area contributed by atoms with Gasteiger partial charge in [-0.2, -0.15) is 0 Å². The molecular weight excluding hydrogens is 283 g/mol. The van der Waals surface area contributed by atoms with Gasteiger partial charge in [-0.3, -0.25) is 0 Å². The Morgan fingerprint density at radius 2 is 2.06 bits per heavy atom. The van der Waals surface area contributed by atoms with Crippen LogP contribution in [-0.2, 0) is 13.8 Å². The largest absolute Gasteiger partial charge is 0.492 e. The van der Waals surface area contributed by atoms with E-state index >= 15 is 0 Å². The number of hydrogen-bond acceptors (Lipinski definition) is 4. The molecule has 102 valence electrons. The summed E-state index contributed by atoms with van der Waals surface area (Å²) in [5.74, 6) is -0.640. The van der Waals surface area contributed by atoms with Crippen LogP contribution in [0.1, 0.15) is 13.3 Å². The lowest BCUT2D eigenvalue weighted by molar-refractivity contribution is 0.130. The van der Waals surface area contributed by atoms with Crippen molar-refractivity contribution in [3.8, 4) is 5.75 Å². The maximum atomic E-state index is 13.0. The minimum Gasteiger partial charge on any atom is -0.492 e. The molecule has 1 aromatic rings. The Balaban J connectivity index is 2.71. The van der Waals surface area contributed by atoms with E-state index in [2.05, 4.69) is 0 Å². The summed E-state index contributed by atoms with van der Waals surface area (Å²) in [6.07, 6.45) is 0.604. The van der Waals surface area contributed by atoms with E-state index in [9.17, 15) is 12.8 Å². The van der Waals surface area contributed by atoms with Crippen LogP contribution >= 0.6 is 10.7 Å². The lowest BCUT2D eigenvalue weighted by atomic mass is 10.3. The molecule has 7 heteroatoms. The fraction of sp³-hybridized carbons (Fsp3) is 0.455. The second-order valence-corrected chi connectivity index (χ2v) is 5.96. The monoisotopic (exact) mass is 296 g/mol. The molecule has 0 fully saturated rings. The zero-order valence-electron chi connectivity index (χ0n) is 9.86. The van der Waals surface area contributed by atoms with Crippen LogP contribution in [0.2, 0.25) is 0 Å². The fourth-order valence-electron chi connectivity index (χ4n) is 1.28. The summed E-state index contributed by atoms with van der Waals surface area (Å²) < 4.78 is 45.8. The van der Waals surface area contributed by atoms with Gasteiger partial charge in [0.2, 0.25) is 0 Å². The Morgan fingerprint density at radius 3 is 2.67 bits per heavy atom. The van der Waals surface area contributed by atoms with Crippen LogP contribution in [0.3, 0.4) is 0 Å². The van der Waals surface area contributed by atoms with Crippen LogP contribution < -0.4 is 4.74 Å². The third-order valence-corrected chi connectivity index (χ3v) is 3.41. The topological polar surface area (TPSA) is 52.6 Å². The van der Waals surface area contributed by atoms with Crippen LogP contribution in [0.15, 0.2) is 23.1 Å². The number of benzene rings is 1. The summed E-state index contributed by atoms with van der Waals surface area (Å²) in [5.41, 5.74) is 0. The van der Waals surface area contributed by atoms with Gasteiger partial charge < -0.3 is 9.47 Å². The molecule has 1 aromatic carbocycles. The molecule has 0 aromatic heterocycles. The second kappa shape index (κ2) is 6.92. The van der Waals surface area contributed by atoms with E-state index in [1.807, 2.05) is 6.92 Å². The van der Waals surface area contributed by atoms with Gasteiger partial charge >= 0.3 is 0 Å². The smallest absolute Gasteiger partial charge is 0.265 e. The highest BCUT2D eigenvalue weighted by Gasteiger charge is 2.17. The van der Waals surface area contributed by atoms with E-state index in [4.69, 9.17) is 20.2 Å². The molecule has 0 aliphatic carbocycles. The minimum atomic E-state index is -4.03. The molecule has 0 heterocycles. The van der Waals surface area contributed by atoms with Gasteiger partial charge in [0.1, 0.15) is 16.5 Å². The normalized spacial score (nSPS) is 11.5. The average molecular weight is 297 g/mol. The number of halogens is 2. The lowest BCUT2D eigenvalue weighted by Crippen LogP contribution is -2.05. The van der Waals surface area contributed by atoms with Crippen molar-refractivity contribution < 1.29 is 22.3 Å². The summed E-state index contributed by atoms with van der Waals surface area (Å²) in [7, 11) is 1.17. The first-order chi connectivity index (χ1) is 8.45. The molecule has 0 bridgehead atoms. The number of hydrogen-bond donors (Lipinski definition) is 0. The van der Waals surface area contributed by atoms with Gasteiger partial charge in [-0.15, -0.1) is 0 Å². The van der Waals surface area contributed by atoms with Crippen molar-refractivity contribution in [1.82, 2.24) is 0 Å². The van der Waals surface area contributed by atoms with Crippen molar-refractivity contribution >= 4 is 19.7 Å². The first-order valence-electron chi connectivity index (χ1n) is 5.40. The highest BCUT2D eigenvalue weighted by Crippen LogP contribution is 2.27. The molecule has 0 saturated heterocycles. The molecule has 1 rings (SSSR count). The van der Waals surface area contributed by atoms with E-state index in [-0.39, 0.29) is 17.3 Å². The van der Waals surface area contributed by atoms with Gasteiger partial charge in [-0.25, -0.2) is 12.8 Å². The van der Waals surface area contributed by atoms with E-state index in [1.54, 1.807) is 0 Å². The molecule has 0 aliphatic rings. The van der Waals surface area contributed by atoms with E-state index < -0.39 is 14.9 Å². The van der Waals surface area contributed by atoms with Crippen LogP contribution in [0.4, 0.5) is 4.39 Å². The molecule has 0 amide bonds. The number of rotatable bonds is 7. The first kappa shape index (κ1) is 15.2. The molecule has 0 spiro atoms. The predicted octanol–water partition coefficient (Wildman–Crippen LogP) is 2.56. The van der Waals surface area contributed by atoms with Gasteiger partial charge in [0.15, 0.2) is 0 Å². The highest BCUT2D eigenvalue weighted by molar-refractivity contribution is 8.13. The zero-order valence-corrected chi connectivity index (χ0v) is 11.4. The molecular formula is C11H14ClFO4S. The van der Waals surface area contributed by atoms with Gasteiger partial charge in [-0.1, -0.05) is 0 Å². The number of ether oxygens (including phenoxy) is 2. The van der Waals surface area contributed by atoms with Crippen molar-refractivity contribution in [3.05, 3.63) is 24.0 Å². The van der Waals surface area contributed by atoms with Crippen molar-refractivity contribution in [2.75, 3.05) is 19.8 Å². The molecule has 0 aliphatic heterocycles. The van der Waals surface area contributed by atoms with Crippen molar-refractivity contribution in [2.24, 2.45) is 0 Å². The Kier molecular flexibility index (Phi) is 5.84. The molecule has 4 nitrogen and oxygen atoms in total. The van der Waals surface area contributed by atoms with Crippen molar-refractivity contribution in [2.45, 2.75) is 18.2 Å². The van der Waals surface area contributed by atoms with Crippen molar-refractivity contribution in [1.29, 1.82) is 0 Å². The third kappa shape index (κ3) is 4.80. The maximum Gasteiger partial charge on any atom is 0.265 e. The van der Waals surface area contributed by atoms with Gasteiger partial charge in [-0.05, 0) is 25.1 Å². The highest BCUT2D eigenvalue weighted by atomic mass is 35.7. The third-order valence-electron chi connectivity index (χ3n) is 2.06. The van der Waals surface area contributed by atoms with Crippen molar-refractivity contribution in [3.63, 3.8) is 0 Å². The first-order valence-corrected chi connectivity index (χ1v) is 7.71. The Bertz CT molecular complexity index is 490. The summed E-state index contributed by atoms with van der Waals surface area (Å²) in [4.78, 5) is -0.361. The summed E-state index contributed by atoms with van der Waals surface area (Å²) in [6, 6.07) is 3.19. The standard InChI is InChI=1S/C11H14ClFO4S/c1-2-16-6-3-7-17-10-5-4-9(13)8-11(10)18(12,14)15/h4-5,8H,2-3,6-7H2,1H3. The van der Waals surface area contributed by atoms with Crippen LogP contribution in [0, 0.1) is 5.82 Å². The molecule has 0 radical (unpaired) electrons. The van der Waals surface area contributed by atoms with Crippen LogP contribution in [0.25, 0.3) is 0 Å². The minimum absolute atomic E-state index is 0.0444. The fourth-order valence-corrected chi connectivity index (χ4v) is 2.26. The van der Waals surface area contributed by atoms with E-state index in [1.165, 1.54) is 6.07 Å². The maximum absolute atomic E-state index is 13.0. The molecule has 0 N–H and O–H groups in total. The molecule has 0 saturated carbocycles. The van der Waals surface area contributed by atoms with Gasteiger partial charge in [0.25, 0.3) is 9.05 Å². The molecule has 0 atom stereocenters. The Hall–Kier alpha value is -0.850. The summed E-state index contributed by atoms with van der Waals surface area (Å²) in [5, 5.41) is 0. The molecule has 0 unspecified atom stereocenters. The summed E-state index contributed by atoms with van der Waals surface area (Å²) in [6.45, 7) is 3.27. The summed E-state index contributed by atoms with van der Waals surface area (Å²) >= 11 is 0. The SMILES string of the molecule is CCOCCCOc1ccc(F)cc1S(=O)(=O)Cl. The Labute approximate surface area is 110 Å². The van der Waals surface area contributed by atoms with Crippen LogP contribution in [-0.4, -0.2) is 28.2 Å². The van der Waals surface area contributed by atoms with Gasteiger partial charge in [0, 0.05) is 30.3 Å². The predicted molar refractivity (Wildman–Crippen MR) is 66.0 cm³/mol. The van der Waals surface area contributed by atoms with Gasteiger partial charge in [0.05, 0.1) is 6.61 Å². The van der Waals surface area contributed by atoms with E-state index in [0.29, 0.717) is 19.6 Å². The average Bonchev–Trinajstić information content (AvgIpc) is 2.29. The van der Waals surface area contributed by atoms with E-state index in [0.717, 1.165) is 12.1 Å². The second-order valence-electron chi connectivity index (χ2n) is 3.43. The Morgan fingerprint density at radius 1 is 1.33 bits per heavy atom. The quantitative estimate of drug-likeness (QED) is 0.573. The lowest BCUT2D eigenvalue weighted by Gasteiger charge is -2.09. The zero-order chi connectivity index (χ0) is 13.6. The van der Waals surface area contributed by atoms with Crippen LogP contribution in [0.5, 0.6) is 5.75 Å².